The van der Waals surface area contributed by atoms with Crippen LogP contribution in [0.25, 0.3) is 11.1 Å². The topological polar surface area (TPSA) is 71.3 Å². The first-order valence-corrected chi connectivity index (χ1v) is 11.6. The van der Waals surface area contributed by atoms with Crippen LogP contribution in [0.1, 0.15) is 24.6 Å². The number of aromatic nitrogens is 3. The molecule has 1 unspecified atom stereocenters. The van der Waals surface area contributed by atoms with Gasteiger partial charge in [-0.25, -0.2) is 4.68 Å². The number of aryl methyl sites for hydroxylation is 1. The molecule has 0 bridgehead atoms. The lowest BCUT2D eigenvalue weighted by atomic mass is 9.91. The molecule has 1 aliphatic heterocycles. The van der Waals surface area contributed by atoms with Crippen LogP contribution < -0.4 is 0 Å². The van der Waals surface area contributed by atoms with Gasteiger partial charge in [-0.15, -0.1) is 5.10 Å². The highest BCUT2D eigenvalue weighted by atomic mass is 16.2. The van der Waals surface area contributed by atoms with E-state index in [1.165, 1.54) is 0 Å². The lowest BCUT2D eigenvalue weighted by Crippen LogP contribution is -2.39. The zero-order chi connectivity index (χ0) is 23.2. The highest BCUT2D eigenvalue weighted by Gasteiger charge is 2.32. The molecule has 1 fully saturated rings. The van der Waals surface area contributed by atoms with Gasteiger partial charge in [0.05, 0.1) is 11.6 Å². The molecule has 0 N–H and O–H groups in total. The van der Waals surface area contributed by atoms with Crippen LogP contribution >= 0.6 is 0 Å². The predicted molar refractivity (Wildman–Crippen MR) is 127 cm³/mol. The van der Waals surface area contributed by atoms with Crippen LogP contribution in [0.3, 0.4) is 0 Å². The van der Waals surface area contributed by atoms with Crippen molar-refractivity contribution in [3.05, 3.63) is 72.1 Å². The SMILES string of the molecule is CCCN1CCN(C(=O)Cn2cc(C)nn2)CC(Cc2ccccc2-c2ccccc2)C1=O. The van der Waals surface area contributed by atoms with E-state index in [2.05, 4.69) is 41.5 Å². The summed E-state index contributed by atoms with van der Waals surface area (Å²) in [5, 5.41) is 7.98. The normalized spacial score (nSPS) is 16.7. The van der Waals surface area contributed by atoms with Crippen molar-refractivity contribution < 1.29 is 9.59 Å². The summed E-state index contributed by atoms with van der Waals surface area (Å²) in [4.78, 5) is 30.3. The van der Waals surface area contributed by atoms with Crippen LogP contribution in [0.5, 0.6) is 0 Å². The van der Waals surface area contributed by atoms with Crippen molar-refractivity contribution in [2.45, 2.75) is 33.2 Å². The van der Waals surface area contributed by atoms with E-state index in [-0.39, 0.29) is 24.3 Å². The third-order valence-corrected chi connectivity index (χ3v) is 6.11. The molecule has 2 amide bonds. The molecule has 0 spiro atoms. The number of amides is 2. The fourth-order valence-electron chi connectivity index (χ4n) is 4.49. The number of carbonyl (C=O) groups excluding carboxylic acids is 2. The van der Waals surface area contributed by atoms with Gasteiger partial charge in [0.1, 0.15) is 6.54 Å². The number of carbonyl (C=O) groups is 2. The Morgan fingerprint density at radius 1 is 1.06 bits per heavy atom. The Morgan fingerprint density at radius 2 is 1.82 bits per heavy atom. The van der Waals surface area contributed by atoms with Gasteiger partial charge in [-0.1, -0.05) is 66.7 Å². The van der Waals surface area contributed by atoms with Crippen LogP contribution in [0.15, 0.2) is 60.8 Å². The van der Waals surface area contributed by atoms with Crippen molar-refractivity contribution in [2.24, 2.45) is 5.92 Å². The van der Waals surface area contributed by atoms with Crippen molar-refractivity contribution in [2.75, 3.05) is 26.2 Å². The van der Waals surface area contributed by atoms with Gasteiger partial charge in [-0.3, -0.25) is 9.59 Å². The second-order valence-corrected chi connectivity index (χ2v) is 8.65. The average Bonchev–Trinajstić information content (AvgIpc) is 3.17. The van der Waals surface area contributed by atoms with Crippen molar-refractivity contribution in [3.8, 4) is 11.1 Å². The molecular weight excluding hydrogens is 414 g/mol. The van der Waals surface area contributed by atoms with Gasteiger partial charge in [0.15, 0.2) is 0 Å². The van der Waals surface area contributed by atoms with Gasteiger partial charge in [-0.05, 0) is 36.5 Å². The van der Waals surface area contributed by atoms with Gasteiger partial charge in [0.2, 0.25) is 11.8 Å². The summed E-state index contributed by atoms with van der Waals surface area (Å²) < 4.78 is 1.56. The average molecular weight is 446 g/mol. The molecule has 4 rings (SSSR count). The first-order chi connectivity index (χ1) is 16.0. The maximum absolute atomic E-state index is 13.5. The summed E-state index contributed by atoms with van der Waals surface area (Å²) in [7, 11) is 0. The lowest BCUT2D eigenvalue weighted by Gasteiger charge is -2.24. The van der Waals surface area contributed by atoms with E-state index in [1.54, 1.807) is 10.9 Å². The Bertz CT molecular complexity index is 1090. The van der Waals surface area contributed by atoms with E-state index in [0.29, 0.717) is 32.6 Å². The molecule has 2 aromatic carbocycles. The Balaban J connectivity index is 1.58. The summed E-state index contributed by atoms with van der Waals surface area (Å²) in [5.41, 5.74) is 4.17. The molecule has 7 nitrogen and oxygen atoms in total. The van der Waals surface area contributed by atoms with Crippen LogP contribution in [-0.4, -0.2) is 62.8 Å². The number of nitrogens with zero attached hydrogens (tertiary/aromatic N) is 5. The third kappa shape index (κ3) is 5.48. The Kier molecular flexibility index (Phi) is 7.17. The highest BCUT2D eigenvalue weighted by Crippen LogP contribution is 2.27. The molecule has 172 valence electrons. The first-order valence-electron chi connectivity index (χ1n) is 11.6. The van der Waals surface area contributed by atoms with Crippen LogP contribution in [0, 0.1) is 12.8 Å². The van der Waals surface area contributed by atoms with Crippen molar-refractivity contribution >= 4 is 11.8 Å². The quantitative estimate of drug-likeness (QED) is 0.560. The maximum atomic E-state index is 13.5. The summed E-state index contributed by atoms with van der Waals surface area (Å²) in [6.45, 7) is 6.28. The standard InChI is InChI=1S/C26H31N5O2/c1-3-13-29-14-15-30(25(32)19-31-17-20(2)27-28-31)18-23(26(29)33)16-22-11-7-8-12-24(22)21-9-5-4-6-10-21/h4-12,17,23H,3,13-16,18-19H2,1-2H3. The summed E-state index contributed by atoms with van der Waals surface area (Å²) >= 11 is 0. The molecule has 1 aromatic heterocycles. The Morgan fingerprint density at radius 3 is 2.55 bits per heavy atom. The van der Waals surface area contributed by atoms with E-state index in [1.807, 2.05) is 47.1 Å². The van der Waals surface area contributed by atoms with Crippen molar-refractivity contribution in [1.82, 2.24) is 24.8 Å². The van der Waals surface area contributed by atoms with Gasteiger partial charge >= 0.3 is 0 Å². The van der Waals surface area contributed by atoms with E-state index < -0.39 is 0 Å². The monoisotopic (exact) mass is 445 g/mol. The minimum atomic E-state index is -0.287. The molecule has 0 radical (unpaired) electrons. The molecule has 33 heavy (non-hydrogen) atoms. The summed E-state index contributed by atoms with van der Waals surface area (Å²) in [6, 6.07) is 18.5. The molecule has 1 aliphatic rings. The number of hydrogen-bond donors (Lipinski definition) is 0. The fraction of sp³-hybridized carbons (Fsp3) is 0.385. The zero-order valence-electron chi connectivity index (χ0n) is 19.4. The van der Waals surface area contributed by atoms with Crippen LogP contribution in [0.4, 0.5) is 0 Å². The number of rotatable bonds is 7. The third-order valence-electron chi connectivity index (χ3n) is 6.11. The number of benzene rings is 2. The van der Waals surface area contributed by atoms with Gasteiger partial charge in [0.25, 0.3) is 0 Å². The molecule has 2 heterocycles. The lowest BCUT2D eigenvalue weighted by molar-refractivity contribution is -0.135. The minimum Gasteiger partial charge on any atom is -0.341 e. The van der Waals surface area contributed by atoms with E-state index in [4.69, 9.17) is 0 Å². The van der Waals surface area contributed by atoms with E-state index >= 15 is 0 Å². The highest BCUT2D eigenvalue weighted by molar-refractivity contribution is 5.82. The molecule has 3 aromatic rings. The van der Waals surface area contributed by atoms with Gasteiger partial charge in [0, 0.05) is 32.4 Å². The Labute approximate surface area is 195 Å². The first kappa shape index (κ1) is 22.7. The van der Waals surface area contributed by atoms with Crippen LogP contribution in [-0.2, 0) is 22.6 Å². The summed E-state index contributed by atoms with van der Waals surface area (Å²) in [6.07, 6.45) is 3.25. The van der Waals surface area contributed by atoms with Crippen LogP contribution in [0.2, 0.25) is 0 Å². The zero-order valence-corrected chi connectivity index (χ0v) is 19.4. The second kappa shape index (κ2) is 10.4. The molecule has 1 saturated heterocycles. The molecule has 0 saturated carbocycles. The van der Waals surface area contributed by atoms with Crippen molar-refractivity contribution in [1.29, 1.82) is 0 Å². The maximum Gasteiger partial charge on any atom is 0.244 e. The molecule has 0 aliphatic carbocycles. The fourth-order valence-corrected chi connectivity index (χ4v) is 4.49. The number of hydrogen-bond acceptors (Lipinski definition) is 4. The van der Waals surface area contributed by atoms with E-state index in [9.17, 15) is 9.59 Å². The van der Waals surface area contributed by atoms with Gasteiger partial charge in [-0.2, -0.15) is 0 Å². The smallest absolute Gasteiger partial charge is 0.244 e. The predicted octanol–water partition coefficient (Wildman–Crippen LogP) is 3.19. The minimum absolute atomic E-state index is 0.0348. The van der Waals surface area contributed by atoms with Gasteiger partial charge < -0.3 is 9.80 Å². The molecule has 1 atom stereocenters. The second-order valence-electron chi connectivity index (χ2n) is 8.65. The van der Waals surface area contributed by atoms with E-state index in [0.717, 1.165) is 28.8 Å². The summed E-state index contributed by atoms with van der Waals surface area (Å²) in [5.74, 6) is -0.190. The Hall–Kier alpha value is -3.48. The van der Waals surface area contributed by atoms with Crippen molar-refractivity contribution in [3.63, 3.8) is 0 Å². The molecule has 7 heteroatoms. The molecular formula is C26H31N5O2. The largest absolute Gasteiger partial charge is 0.341 e.